The van der Waals surface area contributed by atoms with E-state index in [0.29, 0.717) is 10.7 Å². The normalized spacial score (nSPS) is 12.4. The van der Waals surface area contributed by atoms with Gasteiger partial charge >= 0.3 is 0 Å². The van der Waals surface area contributed by atoms with Crippen LogP contribution in [0.5, 0.6) is 0 Å². The molecule has 1 N–H and O–H groups in total. The number of tetrazole rings is 1. The lowest BCUT2D eigenvalue weighted by molar-refractivity contribution is 0.0995. The van der Waals surface area contributed by atoms with Crippen LogP contribution in [-0.2, 0) is 0 Å². The van der Waals surface area contributed by atoms with Gasteiger partial charge in [-0.25, -0.2) is 0 Å². The van der Waals surface area contributed by atoms with Crippen LogP contribution in [0.25, 0.3) is 16.6 Å². The van der Waals surface area contributed by atoms with Crippen molar-refractivity contribution in [1.29, 1.82) is 0 Å². The van der Waals surface area contributed by atoms with Crippen LogP contribution >= 0.6 is 11.8 Å². The molecule has 0 saturated heterocycles. The molecule has 26 heavy (non-hydrogen) atoms. The maximum Gasteiger partial charge on any atom is 0.214 e. The highest BCUT2D eigenvalue weighted by Gasteiger charge is 2.23. The summed E-state index contributed by atoms with van der Waals surface area (Å²) in [7, 11) is 0. The predicted octanol–water partition coefficient (Wildman–Crippen LogP) is 3.82. The highest BCUT2D eigenvalue weighted by Crippen LogP contribution is 2.28. The molecule has 0 unspecified atom stereocenters. The summed E-state index contributed by atoms with van der Waals surface area (Å²) in [5.74, 6) is 0.0479. The number of carbonyl (C=O) groups is 1. The van der Waals surface area contributed by atoms with Crippen LogP contribution in [0.1, 0.15) is 22.8 Å². The number of aryl methyl sites for hydroxylation is 1. The molecule has 2 heterocycles. The molecule has 1 atom stereocenters. The number of thioether (sulfide) groups is 1. The number of carbonyl (C=O) groups excluding carboxylic acids is 1. The number of nitrogens with zero attached hydrogens (tertiary/aromatic N) is 4. The molecule has 0 saturated carbocycles. The molecule has 0 amide bonds. The maximum atomic E-state index is 12.9. The Hall–Kier alpha value is -2.93. The zero-order chi connectivity index (χ0) is 18.1. The third kappa shape index (κ3) is 2.90. The molecule has 0 radical (unpaired) electrons. The van der Waals surface area contributed by atoms with Gasteiger partial charge in [-0.3, -0.25) is 4.79 Å². The summed E-state index contributed by atoms with van der Waals surface area (Å²) in [6.45, 7) is 3.89. The van der Waals surface area contributed by atoms with Gasteiger partial charge < -0.3 is 4.98 Å². The summed E-state index contributed by atoms with van der Waals surface area (Å²) in [6.07, 6.45) is 1.77. The summed E-state index contributed by atoms with van der Waals surface area (Å²) < 4.78 is 1.68. The molecular weight excluding hydrogens is 346 g/mol. The minimum absolute atomic E-state index is 0.0479. The number of Topliss-reactive ketones (excluding diaryl/α,β-unsaturated/α-hetero) is 1. The predicted molar refractivity (Wildman–Crippen MR) is 102 cm³/mol. The lowest BCUT2D eigenvalue weighted by Gasteiger charge is -2.11. The van der Waals surface area contributed by atoms with Crippen molar-refractivity contribution in [2.24, 2.45) is 0 Å². The first-order valence-corrected chi connectivity index (χ1v) is 9.14. The van der Waals surface area contributed by atoms with Crippen LogP contribution in [0.4, 0.5) is 0 Å². The Bertz CT molecular complexity index is 1080. The summed E-state index contributed by atoms with van der Waals surface area (Å²) in [5, 5.41) is 13.2. The molecule has 2 aromatic carbocycles. The first-order chi connectivity index (χ1) is 12.6. The van der Waals surface area contributed by atoms with Gasteiger partial charge in [-0.05, 0) is 42.0 Å². The van der Waals surface area contributed by atoms with E-state index >= 15 is 0 Å². The number of rotatable bonds is 5. The number of benzene rings is 2. The van der Waals surface area contributed by atoms with Crippen LogP contribution in [0.3, 0.4) is 0 Å². The molecule has 0 aliphatic rings. The van der Waals surface area contributed by atoms with E-state index in [1.54, 1.807) is 10.9 Å². The van der Waals surface area contributed by atoms with Gasteiger partial charge in [0.15, 0.2) is 5.78 Å². The van der Waals surface area contributed by atoms with Gasteiger partial charge in [-0.2, -0.15) is 4.68 Å². The quantitative estimate of drug-likeness (QED) is 0.431. The lowest BCUT2D eigenvalue weighted by atomic mass is 10.1. The third-order valence-electron chi connectivity index (χ3n) is 4.29. The van der Waals surface area contributed by atoms with Crippen molar-refractivity contribution >= 4 is 28.4 Å². The van der Waals surface area contributed by atoms with Crippen LogP contribution in [0, 0.1) is 6.92 Å². The van der Waals surface area contributed by atoms with E-state index in [4.69, 9.17) is 0 Å². The van der Waals surface area contributed by atoms with Gasteiger partial charge in [0.05, 0.1) is 10.9 Å². The highest BCUT2D eigenvalue weighted by molar-refractivity contribution is 8.00. The topological polar surface area (TPSA) is 76.5 Å². The molecule has 0 aliphatic heterocycles. The molecule has 7 heteroatoms. The summed E-state index contributed by atoms with van der Waals surface area (Å²) in [4.78, 5) is 16.1. The van der Waals surface area contributed by atoms with Gasteiger partial charge in [-0.1, -0.05) is 48.2 Å². The van der Waals surface area contributed by atoms with Gasteiger partial charge in [0.2, 0.25) is 5.16 Å². The largest absolute Gasteiger partial charge is 0.360 e. The van der Waals surface area contributed by atoms with E-state index in [1.165, 1.54) is 11.8 Å². The number of para-hydroxylation sites is 2. The molecule has 4 aromatic rings. The number of nitrogens with one attached hydrogen (secondary N) is 1. The van der Waals surface area contributed by atoms with Gasteiger partial charge in [-0.15, -0.1) is 5.10 Å². The minimum atomic E-state index is -0.317. The molecule has 0 fully saturated rings. The van der Waals surface area contributed by atoms with E-state index in [2.05, 4.69) is 20.5 Å². The van der Waals surface area contributed by atoms with Crippen molar-refractivity contribution in [1.82, 2.24) is 25.2 Å². The second-order valence-corrected chi connectivity index (χ2v) is 7.34. The molecule has 0 bridgehead atoms. The smallest absolute Gasteiger partial charge is 0.214 e. The van der Waals surface area contributed by atoms with E-state index < -0.39 is 0 Å². The molecular formula is C19H17N5OS. The summed E-state index contributed by atoms with van der Waals surface area (Å²) in [6, 6.07) is 15.7. The van der Waals surface area contributed by atoms with Crippen molar-refractivity contribution in [3.05, 3.63) is 65.9 Å². The van der Waals surface area contributed by atoms with Crippen LogP contribution in [0.15, 0.2) is 59.9 Å². The van der Waals surface area contributed by atoms with Crippen LogP contribution < -0.4 is 0 Å². The van der Waals surface area contributed by atoms with Gasteiger partial charge in [0, 0.05) is 22.7 Å². The Kier molecular flexibility index (Phi) is 4.30. The Morgan fingerprint density at radius 2 is 1.92 bits per heavy atom. The number of aromatic amines is 1. The Balaban J connectivity index is 1.61. The molecule has 6 nitrogen and oxygen atoms in total. The Labute approximate surface area is 154 Å². The van der Waals surface area contributed by atoms with Crippen LogP contribution in [0.2, 0.25) is 0 Å². The monoisotopic (exact) mass is 363 g/mol. The fraction of sp³-hybridized carbons (Fsp3) is 0.158. The number of H-pyrrole nitrogens is 1. The van der Waals surface area contributed by atoms with Crippen LogP contribution in [-0.4, -0.2) is 36.2 Å². The molecule has 130 valence electrons. The van der Waals surface area contributed by atoms with E-state index in [-0.39, 0.29) is 11.0 Å². The van der Waals surface area contributed by atoms with Crippen molar-refractivity contribution in [2.45, 2.75) is 24.3 Å². The van der Waals surface area contributed by atoms with Crippen molar-refractivity contribution in [2.75, 3.05) is 0 Å². The lowest BCUT2D eigenvalue weighted by Crippen LogP contribution is -2.14. The molecule has 2 aromatic heterocycles. The number of aromatic nitrogens is 5. The zero-order valence-corrected chi connectivity index (χ0v) is 15.2. The van der Waals surface area contributed by atoms with Crippen molar-refractivity contribution < 1.29 is 4.79 Å². The Morgan fingerprint density at radius 3 is 2.77 bits per heavy atom. The molecule has 0 aliphatic carbocycles. The number of ketones is 1. The highest BCUT2D eigenvalue weighted by atomic mass is 32.2. The van der Waals surface area contributed by atoms with E-state index in [0.717, 1.165) is 22.2 Å². The molecule has 4 rings (SSSR count). The summed E-state index contributed by atoms with van der Waals surface area (Å²) >= 11 is 1.36. The van der Waals surface area contributed by atoms with E-state index in [9.17, 15) is 4.79 Å². The summed E-state index contributed by atoms with van der Waals surface area (Å²) in [5.41, 5.74) is 3.62. The number of hydrogen-bond acceptors (Lipinski definition) is 5. The SMILES string of the molecule is Cc1ccccc1-n1nnnc1S[C@H](C)C(=O)c1c[nH]c2ccccc12. The average molecular weight is 363 g/mol. The molecule has 0 spiro atoms. The number of fused-ring (bicyclic) bond motifs is 1. The second-order valence-electron chi connectivity index (χ2n) is 6.03. The fourth-order valence-electron chi connectivity index (χ4n) is 2.91. The fourth-order valence-corrected chi connectivity index (χ4v) is 3.78. The second kappa shape index (κ2) is 6.76. The average Bonchev–Trinajstić information content (AvgIpc) is 3.28. The number of hydrogen-bond donors (Lipinski definition) is 1. The van der Waals surface area contributed by atoms with Gasteiger partial charge in [0.1, 0.15) is 0 Å². The van der Waals surface area contributed by atoms with Crippen molar-refractivity contribution in [3.63, 3.8) is 0 Å². The maximum absolute atomic E-state index is 12.9. The first-order valence-electron chi connectivity index (χ1n) is 8.26. The van der Waals surface area contributed by atoms with E-state index in [1.807, 2.05) is 62.4 Å². The third-order valence-corrected chi connectivity index (χ3v) is 5.32. The first kappa shape index (κ1) is 16.5. The minimum Gasteiger partial charge on any atom is -0.360 e. The zero-order valence-electron chi connectivity index (χ0n) is 14.4. The Morgan fingerprint density at radius 1 is 1.15 bits per heavy atom. The standard InChI is InChI=1S/C19H17N5OS/c1-12-7-3-6-10-17(12)24-19(21-22-23-24)26-13(2)18(25)15-11-20-16-9-5-4-8-14(15)16/h3-11,13,20H,1-2H3/t13-/m1/s1. The van der Waals surface area contributed by atoms with Crippen molar-refractivity contribution in [3.8, 4) is 5.69 Å². The van der Waals surface area contributed by atoms with Gasteiger partial charge in [0.25, 0.3) is 0 Å².